The SMILES string of the molecule is CCCCCCCCCCC(CCCC(=O)OCc1ccccc1)COC(=O)C1CCN(C)C1. The van der Waals surface area contributed by atoms with E-state index in [2.05, 4.69) is 18.9 Å². The monoisotopic (exact) mass is 473 g/mol. The lowest BCUT2D eigenvalue weighted by atomic mass is 9.95. The van der Waals surface area contributed by atoms with Crippen LogP contribution < -0.4 is 0 Å². The van der Waals surface area contributed by atoms with Crippen LogP contribution in [0, 0.1) is 11.8 Å². The van der Waals surface area contributed by atoms with E-state index in [0.29, 0.717) is 25.6 Å². The zero-order valence-electron chi connectivity index (χ0n) is 21.6. The van der Waals surface area contributed by atoms with Gasteiger partial charge in [0.05, 0.1) is 12.5 Å². The minimum atomic E-state index is -0.152. The van der Waals surface area contributed by atoms with Gasteiger partial charge in [-0.05, 0) is 50.8 Å². The Labute approximate surface area is 207 Å². The predicted molar refractivity (Wildman–Crippen MR) is 137 cm³/mol. The summed E-state index contributed by atoms with van der Waals surface area (Å²) in [5.74, 6) is 0.139. The molecule has 2 unspecified atom stereocenters. The second-order valence-electron chi connectivity index (χ2n) is 10.0. The largest absolute Gasteiger partial charge is 0.465 e. The third kappa shape index (κ3) is 12.5. The first-order valence-electron chi connectivity index (χ1n) is 13.6. The maximum atomic E-state index is 12.5. The summed E-state index contributed by atoms with van der Waals surface area (Å²) < 4.78 is 11.2. The fourth-order valence-corrected chi connectivity index (χ4v) is 4.67. The van der Waals surface area contributed by atoms with Crippen molar-refractivity contribution in [2.75, 3.05) is 26.7 Å². The van der Waals surface area contributed by atoms with Crippen LogP contribution in [-0.4, -0.2) is 43.6 Å². The number of carbonyl (C=O) groups is 2. The van der Waals surface area contributed by atoms with Crippen molar-refractivity contribution >= 4 is 11.9 Å². The smallest absolute Gasteiger partial charge is 0.310 e. The molecule has 34 heavy (non-hydrogen) atoms. The Morgan fingerprint density at radius 3 is 2.29 bits per heavy atom. The topological polar surface area (TPSA) is 55.8 Å². The van der Waals surface area contributed by atoms with Crippen molar-refractivity contribution in [3.05, 3.63) is 35.9 Å². The number of ether oxygens (including phenoxy) is 2. The summed E-state index contributed by atoms with van der Waals surface area (Å²) in [5.41, 5.74) is 1.01. The van der Waals surface area contributed by atoms with Crippen LogP contribution in [0.3, 0.4) is 0 Å². The van der Waals surface area contributed by atoms with Crippen LogP contribution in [-0.2, 0) is 25.7 Å². The second kappa shape index (κ2) is 17.5. The maximum Gasteiger partial charge on any atom is 0.310 e. The third-order valence-electron chi connectivity index (χ3n) is 6.89. The van der Waals surface area contributed by atoms with Gasteiger partial charge < -0.3 is 14.4 Å². The minimum Gasteiger partial charge on any atom is -0.465 e. The van der Waals surface area contributed by atoms with Crippen molar-refractivity contribution < 1.29 is 19.1 Å². The fraction of sp³-hybridized carbons (Fsp3) is 0.724. The summed E-state index contributed by atoms with van der Waals surface area (Å²) in [7, 11) is 2.05. The molecule has 0 aromatic heterocycles. The van der Waals surface area contributed by atoms with Gasteiger partial charge in [0.25, 0.3) is 0 Å². The first kappa shape index (κ1) is 28.4. The molecule has 1 aliphatic rings. The lowest BCUT2D eigenvalue weighted by molar-refractivity contribution is -0.150. The Bertz CT molecular complexity index is 678. The van der Waals surface area contributed by atoms with Crippen LogP contribution in [0.4, 0.5) is 0 Å². The number of nitrogens with zero attached hydrogens (tertiary/aromatic N) is 1. The molecule has 1 aromatic rings. The van der Waals surface area contributed by atoms with Gasteiger partial charge >= 0.3 is 11.9 Å². The van der Waals surface area contributed by atoms with Gasteiger partial charge in [-0.25, -0.2) is 0 Å². The van der Waals surface area contributed by atoms with E-state index in [-0.39, 0.29) is 17.9 Å². The number of rotatable bonds is 18. The Balaban J connectivity index is 1.67. The van der Waals surface area contributed by atoms with Crippen LogP contribution in [0.1, 0.15) is 96.0 Å². The fourth-order valence-electron chi connectivity index (χ4n) is 4.67. The lowest BCUT2D eigenvalue weighted by Crippen LogP contribution is -2.24. The molecule has 0 aliphatic carbocycles. The molecule has 0 saturated carbocycles. The summed E-state index contributed by atoms with van der Waals surface area (Å²) in [6.07, 6.45) is 14.4. The molecule has 2 rings (SSSR count). The zero-order chi connectivity index (χ0) is 24.4. The number of unbranched alkanes of at least 4 members (excludes halogenated alkanes) is 7. The van der Waals surface area contributed by atoms with Gasteiger partial charge in [0, 0.05) is 13.0 Å². The average molecular weight is 474 g/mol. The van der Waals surface area contributed by atoms with E-state index in [1.165, 1.54) is 51.4 Å². The van der Waals surface area contributed by atoms with E-state index >= 15 is 0 Å². The third-order valence-corrected chi connectivity index (χ3v) is 6.89. The molecule has 0 spiro atoms. The van der Waals surface area contributed by atoms with Gasteiger partial charge in [0.2, 0.25) is 0 Å². The summed E-state index contributed by atoms with van der Waals surface area (Å²) in [4.78, 5) is 26.8. The number of carbonyl (C=O) groups excluding carboxylic acids is 2. The molecule has 1 aliphatic heterocycles. The first-order valence-corrected chi connectivity index (χ1v) is 13.6. The zero-order valence-corrected chi connectivity index (χ0v) is 21.6. The molecule has 0 radical (unpaired) electrons. The van der Waals surface area contributed by atoms with Gasteiger partial charge in [-0.15, -0.1) is 0 Å². The molecule has 5 heteroatoms. The molecule has 0 bridgehead atoms. The molecule has 0 N–H and O–H groups in total. The normalized spacial score (nSPS) is 16.9. The highest BCUT2D eigenvalue weighted by Gasteiger charge is 2.28. The van der Waals surface area contributed by atoms with Crippen molar-refractivity contribution in [3.63, 3.8) is 0 Å². The van der Waals surface area contributed by atoms with E-state index < -0.39 is 0 Å². The molecule has 192 valence electrons. The van der Waals surface area contributed by atoms with Crippen LogP contribution in [0.15, 0.2) is 30.3 Å². The molecule has 5 nitrogen and oxygen atoms in total. The molecule has 1 fully saturated rings. The summed E-state index contributed by atoms with van der Waals surface area (Å²) in [6.45, 7) is 4.83. The number of benzene rings is 1. The number of likely N-dealkylation sites (tertiary alicyclic amines) is 1. The van der Waals surface area contributed by atoms with Gasteiger partial charge in [-0.1, -0.05) is 88.6 Å². The lowest BCUT2D eigenvalue weighted by Gasteiger charge is -2.18. The van der Waals surface area contributed by atoms with Crippen LogP contribution in [0.2, 0.25) is 0 Å². The molecule has 2 atom stereocenters. The van der Waals surface area contributed by atoms with E-state index in [0.717, 1.165) is 44.3 Å². The first-order chi connectivity index (χ1) is 16.6. The van der Waals surface area contributed by atoms with Gasteiger partial charge in [-0.2, -0.15) is 0 Å². The molecule has 1 saturated heterocycles. The average Bonchev–Trinajstić information content (AvgIpc) is 3.29. The van der Waals surface area contributed by atoms with Crippen molar-refractivity contribution in [1.82, 2.24) is 4.90 Å². The molecule has 1 aromatic carbocycles. The Morgan fingerprint density at radius 1 is 0.941 bits per heavy atom. The second-order valence-corrected chi connectivity index (χ2v) is 10.0. The van der Waals surface area contributed by atoms with Crippen LogP contribution >= 0.6 is 0 Å². The van der Waals surface area contributed by atoms with Gasteiger partial charge in [0.1, 0.15) is 6.61 Å². The Kier molecular flexibility index (Phi) is 14.6. The van der Waals surface area contributed by atoms with Crippen molar-refractivity contribution in [2.24, 2.45) is 11.8 Å². The maximum absolute atomic E-state index is 12.5. The summed E-state index contributed by atoms with van der Waals surface area (Å²) in [6, 6.07) is 9.77. The quantitative estimate of drug-likeness (QED) is 0.179. The van der Waals surface area contributed by atoms with Gasteiger partial charge in [0.15, 0.2) is 0 Å². The highest BCUT2D eigenvalue weighted by molar-refractivity contribution is 5.73. The number of hydrogen-bond acceptors (Lipinski definition) is 5. The van der Waals surface area contributed by atoms with Crippen molar-refractivity contribution in [2.45, 2.75) is 97.0 Å². The molecular weight excluding hydrogens is 426 g/mol. The highest BCUT2D eigenvalue weighted by atomic mass is 16.5. The van der Waals surface area contributed by atoms with E-state index in [1.54, 1.807) is 0 Å². The summed E-state index contributed by atoms with van der Waals surface area (Å²) in [5, 5.41) is 0. The standard InChI is InChI=1S/C29H47NO4/c1-3-4-5-6-7-8-9-11-15-26(24-34-29(32)27-20-21-30(2)22-27)18-14-19-28(31)33-23-25-16-12-10-13-17-25/h10,12-13,16-17,26-27H,3-9,11,14-15,18-24H2,1-2H3. The molecule has 1 heterocycles. The highest BCUT2D eigenvalue weighted by Crippen LogP contribution is 2.21. The van der Waals surface area contributed by atoms with Gasteiger partial charge in [-0.3, -0.25) is 9.59 Å². The summed E-state index contributed by atoms with van der Waals surface area (Å²) >= 11 is 0. The number of esters is 2. The van der Waals surface area contributed by atoms with Crippen LogP contribution in [0.5, 0.6) is 0 Å². The molecule has 0 amide bonds. The van der Waals surface area contributed by atoms with E-state index in [4.69, 9.17) is 9.47 Å². The predicted octanol–water partition coefficient (Wildman–Crippen LogP) is 6.54. The van der Waals surface area contributed by atoms with E-state index in [9.17, 15) is 9.59 Å². The van der Waals surface area contributed by atoms with E-state index in [1.807, 2.05) is 30.3 Å². The van der Waals surface area contributed by atoms with Crippen LogP contribution in [0.25, 0.3) is 0 Å². The Hall–Kier alpha value is -1.88. The number of hydrogen-bond donors (Lipinski definition) is 0. The van der Waals surface area contributed by atoms with Crippen molar-refractivity contribution in [1.29, 1.82) is 0 Å². The van der Waals surface area contributed by atoms with Crippen molar-refractivity contribution in [3.8, 4) is 0 Å². The molecular formula is C29H47NO4. The Morgan fingerprint density at radius 2 is 1.62 bits per heavy atom. The minimum absolute atomic E-state index is 0.0155.